The highest BCUT2D eigenvalue weighted by atomic mass is 32.1. The van der Waals surface area contributed by atoms with E-state index >= 15 is 0 Å². The Hall–Kier alpha value is -2.87. The number of thiophene rings is 1. The summed E-state index contributed by atoms with van der Waals surface area (Å²) in [6, 6.07) is 6.37. The normalized spacial score (nSPS) is 15.4. The maximum Gasteiger partial charge on any atom is 0.338 e. The second kappa shape index (κ2) is 8.43. The number of fused-ring (bicyclic) bond motifs is 1. The van der Waals surface area contributed by atoms with Gasteiger partial charge in [-0.3, -0.25) is 9.59 Å². The molecule has 0 saturated heterocycles. The molecule has 0 unspecified atom stereocenters. The van der Waals surface area contributed by atoms with Crippen LogP contribution in [0.4, 0.5) is 5.00 Å². The van der Waals surface area contributed by atoms with E-state index in [0.29, 0.717) is 27.8 Å². The summed E-state index contributed by atoms with van der Waals surface area (Å²) in [7, 11) is 1.53. The fourth-order valence-corrected chi connectivity index (χ4v) is 4.64. The number of ether oxygens (including phenoxy) is 2. The number of carbonyl (C=O) groups is 3. The van der Waals surface area contributed by atoms with Crippen LogP contribution in [0.2, 0.25) is 0 Å². The molecule has 0 aliphatic heterocycles. The number of nitrogens with one attached hydrogen (secondary N) is 1. The van der Waals surface area contributed by atoms with Gasteiger partial charge in [-0.1, -0.05) is 6.92 Å². The molecule has 1 aliphatic carbocycles. The highest BCUT2D eigenvalue weighted by Crippen LogP contribution is 2.39. The third-order valence-corrected chi connectivity index (χ3v) is 5.84. The van der Waals surface area contributed by atoms with Crippen molar-refractivity contribution in [2.24, 2.45) is 11.7 Å². The van der Waals surface area contributed by atoms with Crippen LogP contribution < -0.4 is 15.8 Å². The number of methoxy groups -OCH3 is 1. The smallest absolute Gasteiger partial charge is 0.338 e. The zero-order valence-electron chi connectivity index (χ0n) is 15.7. The van der Waals surface area contributed by atoms with Crippen LogP contribution >= 0.6 is 11.3 Å². The quantitative estimate of drug-likeness (QED) is 0.723. The monoisotopic (exact) mass is 402 g/mol. The Morgan fingerprint density at radius 3 is 2.61 bits per heavy atom. The lowest BCUT2D eigenvalue weighted by atomic mass is 9.88. The average Bonchev–Trinajstić information content (AvgIpc) is 3.03. The van der Waals surface area contributed by atoms with E-state index < -0.39 is 24.4 Å². The molecule has 0 spiro atoms. The van der Waals surface area contributed by atoms with Crippen molar-refractivity contribution in [1.82, 2.24) is 0 Å². The van der Waals surface area contributed by atoms with Gasteiger partial charge < -0.3 is 20.5 Å². The lowest BCUT2D eigenvalue weighted by Gasteiger charge is -2.18. The summed E-state index contributed by atoms with van der Waals surface area (Å²) in [5, 5.41) is 3.10. The minimum absolute atomic E-state index is 0.312. The van der Waals surface area contributed by atoms with Crippen LogP contribution in [0.15, 0.2) is 24.3 Å². The number of anilines is 1. The van der Waals surface area contributed by atoms with Gasteiger partial charge >= 0.3 is 5.97 Å². The number of hydrogen-bond donors (Lipinski definition) is 2. The number of nitrogens with two attached hydrogens (primary N) is 1. The molecule has 7 nitrogen and oxygen atoms in total. The van der Waals surface area contributed by atoms with Gasteiger partial charge in [-0.05, 0) is 55.0 Å². The van der Waals surface area contributed by atoms with Crippen molar-refractivity contribution in [2.75, 3.05) is 19.0 Å². The molecule has 8 heteroatoms. The largest absolute Gasteiger partial charge is 0.497 e. The lowest BCUT2D eigenvalue weighted by Crippen LogP contribution is -2.23. The number of amides is 2. The molecule has 2 aromatic rings. The van der Waals surface area contributed by atoms with Crippen molar-refractivity contribution >= 4 is 34.1 Å². The molecule has 1 heterocycles. The van der Waals surface area contributed by atoms with Crippen molar-refractivity contribution in [2.45, 2.75) is 26.2 Å². The van der Waals surface area contributed by atoms with Crippen LogP contribution in [0.1, 0.15) is 44.5 Å². The summed E-state index contributed by atoms with van der Waals surface area (Å²) in [6.45, 7) is 1.70. The van der Waals surface area contributed by atoms with Crippen LogP contribution in [0.3, 0.4) is 0 Å². The zero-order chi connectivity index (χ0) is 20.3. The Morgan fingerprint density at radius 1 is 1.25 bits per heavy atom. The summed E-state index contributed by atoms with van der Waals surface area (Å²) in [5.41, 5.74) is 7.16. The predicted octanol–water partition coefficient (Wildman–Crippen LogP) is 2.78. The fourth-order valence-electron chi connectivity index (χ4n) is 3.20. The van der Waals surface area contributed by atoms with Crippen molar-refractivity contribution in [3.05, 3.63) is 45.8 Å². The van der Waals surface area contributed by atoms with Crippen molar-refractivity contribution in [3.8, 4) is 5.75 Å². The molecule has 2 amide bonds. The Kier molecular flexibility index (Phi) is 5.99. The molecule has 0 bridgehead atoms. The summed E-state index contributed by atoms with van der Waals surface area (Å²) in [6.07, 6.45) is 2.62. The van der Waals surface area contributed by atoms with E-state index in [1.165, 1.54) is 18.4 Å². The fraction of sp³-hybridized carbons (Fsp3) is 0.350. The van der Waals surface area contributed by atoms with E-state index in [4.69, 9.17) is 15.2 Å². The zero-order valence-corrected chi connectivity index (χ0v) is 16.6. The van der Waals surface area contributed by atoms with Crippen molar-refractivity contribution in [3.63, 3.8) is 0 Å². The van der Waals surface area contributed by atoms with Crippen molar-refractivity contribution < 1.29 is 23.9 Å². The molecule has 0 saturated carbocycles. The molecule has 1 aliphatic rings. The number of primary amides is 1. The number of esters is 1. The molecular formula is C20H22N2O5S. The highest BCUT2D eigenvalue weighted by molar-refractivity contribution is 7.17. The molecule has 1 aromatic carbocycles. The van der Waals surface area contributed by atoms with E-state index in [1.54, 1.807) is 24.3 Å². The van der Waals surface area contributed by atoms with E-state index in [-0.39, 0.29) is 0 Å². The third kappa shape index (κ3) is 4.33. The van der Waals surface area contributed by atoms with Gasteiger partial charge in [0, 0.05) is 4.88 Å². The minimum Gasteiger partial charge on any atom is -0.497 e. The third-order valence-electron chi connectivity index (χ3n) is 4.67. The molecule has 3 rings (SSSR count). The van der Waals surface area contributed by atoms with Gasteiger partial charge in [-0.2, -0.15) is 0 Å². The van der Waals surface area contributed by atoms with Gasteiger partial charge in [0.05, 0.1) is 18.2 Å². The first-order chi connectivity index (χ1) is 13.4. The number of rotatable bonds is 6. The number of carbonyl (C=O) groups excluding carboxylic acids is 3. The second-order valence-electron chi connectivity index (χ2n) is 6.77. The second-order valence-corrected chi connectivity index (χ2v) is 7.88. The SMILES string of the molecule is COc1ccc(C(=O)OCC(=O)Nc2sc3c(c2C(N)=O)CC[C@H](C)C3)cc1. The molecule has 148 valence electrons. The Balaban J connectivity index is 1.64. The van der Waals surface area contributed by atoms with Crippen LogP contribution in [0.5, 0.6) is 5.75 Å². The van der Waals surface area contributed by atoms with Gasteiger partial charge in [-0.25, -0.2) is 4.79 Å². The first kappa shape index (κ1) is 19.9. The van der Waals surface area contributed by atoms with E-state index in [2.05, 4.69) is 12.2 Å². The molecular weight excluding hydrogens is 380 g/mol. The van der Waals surface area contributed by atoms with Gasteiger partial charge in [-0.15, -0.1) is 11.3 Å². The van der Waals surface area contributed by atoms with Crippen LogP contribution in [0.25, 0.3) is 0 Å². The Morgan fingerprint density at radius 2 is 1.96 bits per heavy atom. The number of benzene rings is 1. The van der Waals surface area contributed by atoms with Crippen LogP contribution in [0, 0.1) is 5.92 Å². The number of hydrogen-bond acceptors (Lipinski definition) is 6. The maximum absolute atomic E-state index is 12.2. The minimum atomic E-state index is -0.618. The van der Waals surface area contributed by atoms with E-state index in [1.807, 2.05) is 0 Å². The molecule has 1 atom stereocenters. The molecule has 28 heavy (non-hydrogen) atoms. The van der Waals surface area contributed by atoms with Crippen molar-refractivity contribution in [1.29, 1.82) is 0 Å². The molecule has 0 radical (unpaired) electrons. The first-order valence-corrected chi connectivity index (χ1v) is 9.76. The highest BCUT2D eigenvalue weighted by Gasteiger charge is 2.27. The summed E-state index contributed by atoms with van der Waals surface area (Å²) in [5.74, 6) is -0.550. The summed E-state index contributed by atoms with van der Waals surface area (Å²) >= 11 is 1.37. The molecule has 3 N–H and O–H groups in total. The van der Waals surface area contributed by atoms with Gasteiger partial charge in [0.1, 0.15) is 10.8 Å². The lowest BCUT2D eigenvalue weighted by molar-refractivity contribution is -0.119. The van der Waals surface area contributed by atoms with Crippen LogP contribution in [-0.4, -0.2) is 31.5 Å². The maximum atomic E-state index is 12.2. The topological polar surface area (TPSA) is 108 Å². The average molecular weight is 402 g/mol. The summed E-state index contributed by atoms with van der Waals surface area (Å²) < 4.78 is 10.1. The van der Waals surface area contributed by atoms with Crippen LogP contribution in [-0.2, 0) is 22.4 Å². The standard InChI is InChI=1S/C20H22N2O5S/c1-11-3-8-14-15(9-11)28-19(17(14)18(21)24)22-16(23)10-27-20(25)12-4-6-13(26-2)7-5-12/h4-7,11H,3,8-10H2,1-2H3,(H2,21,24)(H,22,23)/t11-/m0/s1. The first-order valence-electron chi connectivity index (χ1n) is 8.94. The van der Waals surface area contributed by atoms with E-state index in [9.17, 15) is 14.4 Å². The predicted molar refractivity (Wildman–Crippen MR) is 106 cm³/mol. The molecule has 0 fully saturated rings. The Bertz CT molecular complexity index is 904. The Labute approximate surface area is 166 Å². The van der Waals surface area contributed by atoms with Gasteiger partial charge in [0.15, 0.2) is 6.61 Å². The van der Waals surface area contributed by atoms with Gasteiger partial charge in [0.25, 0.3) is 11.8 Å². The summed E-state index contributed by atoms with van der Waals surface area (Å²) in [4.78, 5) is 37.3. The van der Waals surface area contributed by atoms with Gasteiger partial charge in [0.2, 0.25) is 0 Å². The molecule has 1 aromatic heterocycles. The van der Waals surface area contributed by atoms with E-state index in [0.717, 1.165) is 29.7 Å².